The van der Waals surface area contributed by atoms with Gasteiger partial charge in [-0.2, -0.15) is 0 Å². The summed E-state index contributed by atoms with van der Waals surface area (Å²) in [5.41, 5.74) is 0.698. The highest BCUT2D eigenvalue weighted by Gasteiger charge is 2.22. The van der Waals surface area contributed by atoms with Gasteiger partial charge in [-0.15, -0.1) is 0 Å². The molecule has 6 nitrogen and oxygen atoms in total. The molecule has 1 aliphatic rings. The number of hydrogen-bond donors (Lipinski definition) is 3. The zero-order valence-corrected chi connectivity index (χ0v) is 13.0. The number of aromatic nitrogens is 1. The molecule has 0 atom stereocenters. The molecule has 3 rings (SSSR count). The number of fused-ring (bicyclic) bond motifs is 1. The normalized spacial score (nSPS) is 16.0. The molecule has 1 saturated heterocycles. The topological polar surface area (TPSA) is 69.6 Å². The molecule has 2 heterocycles. The molecule has 0 radical (unpaired) electrons. The molecule has 7 heteroatoms. The summed E-state index contributed by atoms with van der Waals surface area (Å²) in [5, 5.41) is 3.76. The fraction of sp³-hybridized carbons (Fsp3) is 0.333. The zero-order valence-electron chi connectivity index (χ0n) is 12.3. The highest BCUT2D eigenvalue weighted by Crippen LogP contribution is 2.16. The van der Waals surface area contributed by atoms with Gasteiger partial charge in [0.05, 0.1) is 38.7 Å². The number of benzene rings is 1. The molecule has 0 spiro atoms. The number of nitrogens with one attached hydrogen (secondary N) is 3. The molecule has 3 N–H and O–H groups in total. The summed E-state index contributed by atoms with van der Waals surface area (Å²) in [6.45, 7) is 3.22. The first-order chi connectivity index (χ1) is 10.5. The lowest BCUT2D eigenvalue weighted by Crippen LogP contribution is -3.12. The number of pyridine rings is 1. The van der Waals surface area contributed by atoms with Crippen molar-refractivity contribution in [3.05, 3.63) is 39.6 Å². The van der Waals surface area contributed by atoms with Gasteiger partial charge in [-0.3, -0.25) is 4.79 Å². The molecule has 1 aromatic carbocycles. The van der Waals surface area contributed by atoms with Crippen LogP contribution in [0.1, 0.15) is 0 Å². The summed E-state index contributed by atoms with van der Waals surface area (Å²) in [6.07, 6.45) is 1.51. The Labute approximate surface area is 132 Å². The average Bonchev–Trinajstić information content (AvgIpc) is 2.50. The Kier molecular flexibility index (Phi) is 4.04. The number of rotatable bonds is 1. The number of amides is 2. The number of urea groups is 1. The second-order valence-electron chi connectivity index (χ2n) is 5.60. The molecule has 2 amide bonds. The number of halogens is 1. The van der Waals surface area contributed by atoms with Crippen LogP contribution in [-0.2, 0) is 0 Å². The van der Waals surface area contributed by atoms with Gasteiger partial charge in [0.1, 0.15) is 5.69 Å². The van der Waals surface area contributed by atoms with Gasteiger partial charge < -0.3 is 20.1 Å². The average molecular weight is 322 g/mol. The number of nitrogens with zero attached hydrogens (tertiary/aromatic N) is 1. The Morgan fingerprint density at radius 3 is 2.82 bits per heavy atom. The van der Waals surface area contributed by atoms with Gasteiger partial charge >= 0.3 is 6.03 Å². The third kappa shape index (κ3) is 2.93. The minimum atomic E-state index is -0.230. The maximum Gasteiger partial charge on any atom is 0.322 e. The Bertz CT molecular complexity index is 766. The van der Waals surface area contributed by atoms with Crippen LogP contribution in [0.25, 0.3) is 10.9 Å². The molecule has 0 aliphatic carbocycles. The summed E-state index contributed by atoms with van der Waals surface area (Å²) < 4.78 is 0. The van der Waals surface area contributed by atoms with Gasteiger partial charge in [-0.1, -0.05) is 11.6 Å². The third-order valence-electron chi connectivity index (χ3n) is 3.99. The van der Waals surface area contributed by atoms with E-state index in [1.54, 1.807) is 23.1 Å². The Morgan fingerprint density at radius 2 is 2.09 bits per heavy atom. The van der Waals surface area contributed by atoms with E-state index in [9.17, 15) is 9.59 Å². The number of aromatic amines is 1. The van der Waals surface area contributed by atoms with Crippen LogP contribution in [0.2, 0.25) is 5.02 Å². The maximum atomic E-state index is 12.4. The minimum Gasteiger partial charge on any atom is -0.359 e. The predicted octanol–water partition coefficient (Wildman–Crippen LogP) is 0.544. The van der Waals surface area contributed by atoms with E-state index >= 15 is 0 Å². The minimum absolute atomic E-state index is 0.210. The molecule has 1 aromatic heterocycles. The first-order valence-corrected chi connectivity index (χ1v) is 7.60. The molecule has 1 aliphatic heterocycles. The van der Waals surface area contributed by atoms with Crippen LogP contribution in [0.3, 0.4) is 0 Å². The molecule has 0 bridgehead atoms. The summed E-state index contributed by atoms with van der Waals surface area (Å²) in [7, 11) is 2.11. The highest BCUT2D eigenvalue weighted by molar-refractivity contribution is 6.31. The smallest absolute Gasteiger partial charge is 0.322 e. The number of hydrogen-bond acceptors (Lipinski definition) is 2. The van der Waals surface area contributed by atoms with Crippen LogP contribution in [0.5, 0.6) is 0 Å². The van der Waals surface area contributed by atoms with Crippen molar-refractivity contribution in [2.45, 2.75) is 0 Å². The van der Waals surface area contributed by atoms with E-state index in [2.05, 4.69) is 17.3 Å². The zero-order chi connectivity index (χ0) is 15.7. The van der Waals surface area contributed by atoms with E-state index in [-0.39, 0.29) is 17.1 Å². The predicted molar refractivity (Wildman–Crippen MR) is 86.8 cm³/mol. The van der Waals surface area contributed by atoms with Crippen LogP contribution in [-0.4, -0.2) is 49.1 Å². The van der Waals surface area contributed by atoms with Crippen LogP contribution in [0.4, 0.5) is 10.5 Å². The molecule has 2 aromatic rings. The first kappa shape index (κ1) is 14.9. The quantitative estimate of drug-likeness (QED) is 0.717. The Balaban J connectivity index is 1.82. The van der Waals surface area contributed by atoms with Crippen molar-refractivity contribution in [1.82, 2.24) is 9.88 Å². The standard InChI is InChI=1S/C15H17ClN4O2/c1-19-4-6-20(7-5-19)15(22)18-13-9-17-12-8-10(16)2-3-11(12)14(13)21/h2-3,8-9H,4-7H2,1H3,(H,17,21)(H,18,22)/p+1. The van der Waals surface area contributed by atoms with Gasteiger partial charge in [-0.25, -0.2) is 4.79 Å². The van der Waals surface area contributed by atoms with Gasteiger partial charge in [0.2, 0.25) is 5.43 Å². The van der Waals surface area contributed by atoms with Crippen molar-refractivity contribution in [3.8, 4) is 0 Å². The largest absolute Gasteiger partial charge is 0.359 e. The lowest BCUT2D eigenvalue weighted by molar-refractivity contribution is -0.883. The second-order valence-corrected chi connectivity index (χ2v) is 6.03. The van der Waals surface area contributed by atoms with Crippen LogP contribution < -0.4 is 15.6 Å². The van der Waals surface area contributed by atoms with Crippen LogP contribution in [0, 0.1) is 0 Å². The van der Waals surface area contributed by atoms with E-state index in [1.807, 2.05) is 0 Å². The second kappa shape index (κ2) is 5.98. The van der Waals surface area contributed by atoms with E-state index in [1.165, 1.54) is 11.1 Å². The Morgan fingerprint density at radius 1 is 1.36 bits per heavy atom. The van der Waals surface area contributed by atoms with Crippen molar-refractivity contribution < 1.29 is 9.69 Å². The molecule has 0 saturated carbocycles. The highest BCUT2D eigenvalue weighted by atomic mass is 35.5. The third-order valence-corrected chi connectivity index (χ3v) is 4.22. The number of likely N-dealkylation sites (N-methyl/N-ethyl adjacent to an activating group) is 1. The summed E-state index contributed by atoms with van der Waals surface area (Å²) in [5.74, 6) is 0. The number of H-pyrrole nitrogens is 1. The summed E-state index contributed by atoms with van der Waals surface area (Å²) >= 11 is 5.91. The summed E-state index contributed by atoms with van der Waals surface area (Å²) in [6, 6.07) is 4.78. The molecule has 22 heavy (non-hydrogen) atoms. The molecule has 116 valence electrons. The van der Waals surface area contributed by atoms with E-state index < -0.39 is 0 Å². The fourth-order valence-corrected chi connectivity index (χ4v) is 2.75. The van der Waals surface area contributed by atoms with Crippen molar-refractivity contribution in [2.24, 2.45) is 0 Å². The SMILES string of the molecule is C[NH+]1CCN(C(=O)Nc2c[nH]c3cc(Cl)ccc3c2=O)CC1. The number of quaternary nitrogens is 1. The Hall–Kier alpha value is -2.05. The van der Waals surface area contributed by atoms with Crippen molar-refractivity contribution in [3.63, 3.8) is 0 Å². The molecule has 0 unspecified atom stereocenters. The number of carbonyl (C=O) groups is 1. The van der Waals surface area contributed by atoms with Gasteiger partial charge in [0.15, 0.2) is 0 Å². The van der Waals surface area contributed by atoms with E-state index in [4.69, 9.17) is 11.6 Å². The van der Waals surface area contributed by atoms with Crippen molar-refractivity contribution in [2.75, 3.05) is 38.5 Å². The lowest BCUT2D eigenvalue weighted by Gasteiger charge is -2.29. The summed E-state index contributed by atoms with van der Waals surface area (Å²) in [4.78, 5) is 30.8. The van der Waals surface area contributed by atoms with E-state index in [0.29, 0.717) is 29.0 Å². The number of anilines is 1. The van der Waals surface area contributed by atoms with Crippen molar-refractivity contribution >= 4 is 34.2 Å². The van der Waals surface area contributed by atoms with Crippen LogP contribution in [0.15, 0.2) is 29.2 Å². The fourth-order valence-electron chi connectivity index (χ4n) is 2.57. The van der Waals surface area contributed by atoms with Gasteiger partial charge in [0.25, 0.3) is 0 Å². The molecular weight excluding hydrogens is 304 g/mol. The van der Waals surface area contributed by atoms with E-state index in [0.717, 1.165) is 13.1 Å². The number of piperazine rings is 1. The first-order valence-electron chi connectivity index (χ1n) is 7.23. The molecule has 1 fully saturated rings. The van der Waals surface area contributed by atoms with Gasteiger partial charge in [0, 0.05) is 16.6 Å². The maximum absolute atomic E-state index is 12.4. The van der Waals surface area contributed by atoms with Gasteiger partial charge in [-0.05, 0) is 18.2 Å². The molecular formula is C15H18ClN4O2+. The van der Waals surface area contributed by atoms with Crippen molar-refractivity contribution in [1.29, 1.82) is 0 Å². The monoisotopic (exact) mass is 321 g/mol. The number of carbonyl (C=O) groups excluding carboxylic acids is 1. The van der Waals surface area contributed by atoms with Crippen LogP contribution >= 0.6 is 11.6 Å². The lowest BCUT2D eigenvalue weighted by atomic mass is 10.2.